The van der Waals surface area contributed by atoms with Crippen molar-refractivity contribution in [2.75, 3.05) is 19.0 Å². The van der Waals surface area contributed by atoms with Gasteiger partial charge in [-0.3, -0.25) is 4.79 Å². The first-order chi connectivity index (χ1) is 9.90. The molecule has 0 radical (unpaired) electrons. The summed E-state index contributed by atoms with van der Waals surface area (Å²) in [5, 5.41) is 8.36. The van der Waals surface area contributed by atoms with Crippen LogP contribution < -0.4 is 10.6 Å². The molecule has 0 aromatic carbocycles. The molecule has 0 spiro atoms. The van der Waals surface area contributed by atoms with E-state index in [1.807, 2.05) is 5.38 Å². The smallest absolute Gasteiger partial charge is 0.341 e. The molecule has 0 aliphatic heterocycles. The Morgan fingerprint density at radius 3 is 2.62 bits per heavy atom. The summed E-state index contributed by atoms with van der Waals surface area (Å²) in [4.78, 5) is 24.5. The normalized spacial score (nSPS) is 14.9. The zero-order chi connectivity index (χ0) is 15.6. The van der Waals surface area contributed by atoms with Gasteiger partial charge in [-0.1, -0.05) is 0 Å². The molecule has 116 valence electrons. The third-order valence-electron chi connectivity index (χ3n) is 3.74. The summed E-state index contributed by atoms with van der Waals surface area (Å²) in [6.07, 6.45) is 2.19. The zero-order valence-corrected chi connectivity index (χ0v) is 13.7. The minimum Gasteiger partial charge on any atom is -0.462 e. The van der Waals surface area contributed by atoms with Crippen LogP contribution >= 0.6 is 11.3 Å². The van der Waals surface area contributed by atoms with Crippen LogP contribution in [0.25, 0.3) is 0 Å². The molecule has 1 saturated carbocycles. The van der Waals surface area contributed by atoms with Crippen molar-refractivity contribution in [1.29, 1.82) is 0 Å². The first-order valence-electron chi connectivity index (χ1n) is 7.19. The van der Waals surface area contributed by atoms with Gasteiger partial charge in [0.25, 0.3) is 0 Å². The van der Waals surface area contributed by atoms with Gasteiger partial charge < -0.3 is 15.4 Å². The molecule has 2 N–H and O–H groups in total. The van der Waals surface area contributed by atoms with Crippen LogP contribution in [0.3, 0.4) is 0 Å². The molecule has 21 heavy (non-hydrogen) atoms. The lowest BCUT2D eigenvalue weighted by molar-refractivity contribution is -0.121. The number of hydrogen-bond acceptors (Lipinski definition) is 5. The van der Waals surface area contributed by atoms with E-state index in [1.54, 1.807) is 27.8 Å². The van der Waals surface area contributed by atoms with Crippen molar-refractivity contribution in [3.8, 4) is 0 Å². The Hall–Kier alpha value is -1.40. The first kappa shape index (κ1) is 16.0. The Labute approximate surface area is 129 Å². The number of hydrogen-bond donors (Lipinski definition) is 2. The van der Waals surface area contributed by atoms with E-state index in [0.29, 0.717) is 23.1 Å². The number of amides is 1. The fraction of sp³-hybridized carbons (Fsp3) is 0.600. The van der Waals surface area contributed by atoms with Gasteiger partial charge in [0, 0.05) is 0 Å². The van der Waals surface area contributed by atoms with E-state index >= 15 is 0 Å². The van der Waals surface area contributed by atoms with Crippen molar-refractivity contribution < 1.29 is 14.3 Å². The van der Waals surface area contributed by atoms with E-state index in [1.165, 1.54) is 11.3 Å². The number of rotatable bonds is 6. The quantitative estimate of drug-likeness (QED) is 0.793. The van der Waals surface area contributed by atoms with Gasteiger partial charge in [0.2, 0.25) is 5.91 Å². The molecule has 1 fully saturated rings. The molecule has 1 heterocycles. The topological polar surface area (TPSA) is 67.4 Å². The minimum absolute atomic E-state index is 0.167. The number of likely N-dealkylation sites (N-methyl/N-ethyl adjacent to an activating group) is 1. The van der Waals surface area contributed by atoms with Crippen molar-refractivity contribution in [3.63, 3.8) is 0 Å². The van der Waals surface area contributed by atoms with E-state index in [2.05, 4.69) is 10.6 Å². The molecule has 2 rings (SSSR count). The third kappa shape index (κ3) is 3.44. The Balaban J connectivity index is 2.27. The molecule has 1 aromatic rings. The summed E-state index contributed by atoms with van der Waals surface area (Å²) >= 11 is 1.39. The molecular formula is C15H22N2O3S. The van der Waals surface area contributed by atoms with E-state index in [9.17, 15) is 9.59 Å². The van der Waals surface area contributed by atoms with Gasteiger partial charge >= 0.3 is 5.97 Å². The SMILES string of the molecule is CCOC(=O)c1c(C2CC2)csc1NC(=O)C(C)(C)NC. The molecule has 0 bridgehead atoms. The van der Waals surface area contributed by atoms with E-state index < -0.39 is 5.54 Å². The average molecular weight is 310 g/mol. The highest BCUT2D eigenvalue weighted by atomic mass is 32.1. The van der Waals surface area contributed by atoms with Crippen LogP contribution in [-0.2, 0) is 9.53 Å². The molecule has 1 aliphatic rings. The maximum absolute atomic E-state index is 12.3. The van der Waals surface area contributed by atoms with Gasteiger partial charge in [-0.05, 0) is 57.5 Å². The second kappa shape index (κ2) is 6.15. The molecule has 6 heteroatoms. The lowest BCUT2D eigenvalue weighted by atomic mass is 10.0. The zero-order valence-electron chi connectivity index (χ0n) is 12.9. The van der Waals surface area contributed by atoms with Gasteiger partial charge in [-0.15, -0.1) is 11.3 Å². The van der Waals surface area contributed by atoms with E-state index in [4.69, 9.17) is 4.74 Å². The number of carbonyl (C=O) groups excluding carboxylic acids is 2. The number of thiophene rings is 1. The summed E-state index contributed by atoms with van der Waals surface area (Å²) in [7, 11) is 1.73. The molecule has 1 aliphatic carbocycles. The minimum atomic E-state index is -0.699. The number of nitrogens with one attached hydrogen (secondary N) is 2. The Morgan fingerprint density at radius 1 is 1.43 bits per heavy atom. The van der Waals surface area contributed by atoms with Gasteiger partial charge in [0.15, 0.2) is 0 Å². The molecule has 1 aromatic heterocycles. The molecule has 5 nitrogen and oxygen atoms in total. The van der Waals surface area contributed by atoms with Crippen molar-refractivity contribution in [3.05, 3.63) is 16.5 Å². The van der Waals surface area contributed by atoms with Crippen LogP contribution in [0.2, 0.25) is 0 Å². The fourth-order valence-corrected chi connectivity index (χ4v) is 2.97. The lowest BCUT2D eigenvalue weighted by Crippen LogP contribution is -2.47. The molecule has 1 amide bonds. The number of carbonyl (C=O) groups is 2. The monoisotopic (exact) mass is 310 g/mol. The Morgan fingerprint density at radius 2 is 2.10 bits per heavy atom. The highest BCUT2D eigenvalue weighted by Crippen LogP contribution is 2.46. The molecule has 0 atom stereocenters. The Bertz CT molecular complexity index is 547. The van der Waals surface area contributed by atoms with Crippen molar-refractivity contribution >= 4 is 28.2 Å². The predicted molar refractivity (Wildman–Crippen MR) is 84.0 cm³/mol. The summed E-state index contributed by atoms with van der Waals surface area (Å²) in [5.74, 6) is -0.0819. The summed E-state index contributed by atoms with van der Waals surface area (Å²) in [6.45, 7) is 5.70. The first-order valence-corrected chi connectivity index (χ1v) is 8.07. The lowest BCUT2D eigenvalue weighted by Gasteiger charge is -2.22. The summed E-state index contributed by atoms with van der Waals surface area (Å²) in [6, 6.07) is 0. The molecule has 0 saturated heterocycles. The van der Waals surface area contributed by atoms with Gasteiger partial charge in [-0.25, -0.2) is 4.79 Å². The van der Waals surface area contributed by atoms with Crippen LogP contribution in [0, 0.1) is 0 Å². The average Bonchev–Trinajstić information content (AvgIpc) is 3.20. The molecular weight excluding hydrogens is 288 g/mol. The summed E-state index contributed by atoms with van der Waals surface area (Å²) in [5.41, 5.74) is 0.843. The van der Waals surface area contributed by atoms with Gasteiger partial charge in [0.05, 0.1) is 17.7 Å². The third-order valence-corrected chi connectivity index (χ3v) is 4.65. The van der Waals surface area contributed by atoms with Gasteiger partial charge in [0.1, 0.15) is 5.00 Å². The van der Waals surface area contributed by atoms with Crippen LogP contribution in [-0.4, -0.2) is 31.1 Å². The van der Waals surface area contributed by atoms with Crippen LogP contribution in [0.15, 0.2) is 5.38 Å². The largest absolute Gasteiger partial charge is 0.462 e. The van der Waals surface area contributed by atoms with Gasteiger partial charge in [-0.2, -0.15) is 0 Å². The highest BCUT2D eigenvalue weighted by Gasteiger charge is 2.34. The van der Waals surface area contributed by atoms with E-state index in [0.717, 1.165) is 18.4 Å². The second-order valence-electron chi connectivity index (χ2n) is 5.72. The van der Waals surface area contributed by atoms with Crippen molar-refractivity contribution in [2.45, 2.75) is 45.1 Å². The van der Waals surface area contributed by atoms with Crippen LogP contribution in [0.1, 0.15) is 55.5 Å². The predicted octanol–water partition coefficient (Wildman–Crippen LogP) is 2.74. The van der Waals surface area contributed by atoms with E-state index in [-0.39, 0.29) is 11.9 Å². The standard InChI is InChI=1S/C15H22N2O3S/c1-5-20-13(18)11-10(9-6-7-9)8-21-12(11)17-14(19)15(2,3)16-4/h8-9,16H,5-7H2,1-4H3,(H,17,19). The number of anilines is 1. The maximum Gasteiger partial charge on any atom is 0.341 e. The van der Waals surface area contributed by atoms with Crippen molar-refractivity contribution in [2.24, 2.45) is 0 Å². The van der Waals surface area contributed by atoms with Crippen molar-refractivity contribution in [1.82, 2.24) is 5.32 Å². The summed E-state index contributed by atoms with van der Waals surface area (Å²) < 4.78 is 5.14. The van der Waals surface area contributed by atoms with Crippen LogP contribution in [0.5, 0.6) is 0 Å². The number of esters is 1. The highest BCUT2D eigenvalue weighted by molar-refractivity contribution is 7.15. The molecule has 0 unspecified atom stereocenters. The fourth-order valence-electron chi connectivity index (χ4n) is 1.94. The number of ether oxygens (including phenoxy) is 1. The van der Waals surface area contributed by atoms with Crippen LogP contribution in [0.4, 0.5) is 5.00 Å². The maximum atomic E-state index is 12.3. The second-order valence-corrected chi connectivity index (χ2v) is 6.60. The Kier molecular flexibility index (Phi) is 4.68.